The molecule has 4 rings (SSSR count). The van der Waals surface area contributed by atoms with Crippen LogP contribution in [0.5, 0.6) is 0 Å². The maximum Gasteiger partial charge on any atom is 0.416 e. The maximum absolute atomic E-state index is 13.2. The van der Waals surface area contributed by atoms with Gasteiger partial charge in [0.15, 0.2) is 0 Å². The highest BCUT2D eigenvalue weighted by molar-refractivity contribution is 5.93. The number of amides is 1. The van der Waals surface area contributed by atoms with Crippen molar-refractivity contribution in [3.05, 3.63) is 53.2 Å². The first-order chi connectivity index (χ1) is 14.5. The largest absolute Gasteiger partial charge is 0.416 e. The Balaban J connectivity index is 1.57. The molecule has 2 fully saturated rings. The molecule has 0 spiro atoms. The number of hydrogen-bond acceptors (Lipinski definition) is 5. The highest BCUT2D eigenvalue weighted by Gasteiger charge is 2.45. The number of aromatic nitrogens is 1. The molecule has 2 aromatic rings. The molecule has 0 aliphatic carbocycles. The summed E-state index contributed by atoms with van der Waals surface area (Å²) in [5.74, 6) is -0.195. The fourth-order valence-corrected chi connectivity index (χ4v) is 4.12. The average Bonchev–Trinajstić information content (AvgIpc) is 3.33. The third kappa shape index (κ3) is 3.99. The van der Waals surface area contributed by atoms with Gasteiger partial charge in [-0.25, -0.2) is 10.5 Å². The fraction of sp³-hybridized carbons (Fsp3) is 0.368. The van der Waals surface area contributed by atoms with Crippen LogP contribution in [0.4, 0.5) is 37.8 Å². The molecule has 31 heavy (non-hydrogen) atoms. The van der Waals surface area contributed by atoms with Gasteiger partial charge < -0.3 is 9.80 Å². The van der Waals surface area contributed by atoms with Crippen molar-refractivity contribution < 1.29 is 36.3 Å². The summed E-state index contributed by atoms with van der Waals surface area (Å²) in [4.78, 5) is 19.0. The van der Waals surface area contributed by atoms with Crippen LogP contribution in [0, 0.1) is 0 Å². The molecule has 1 aromatic carbocycles. The molecular weight excluding hydrogens is 430 g/mol. The lowest BCUT2D eigenvalue weighted by Gasteiger charge is -2.36. The van der Waals surface area contributed by atoms with E-state index >= 15 is 0 Å². The molecule has 1 aromatic heterocycles. The van der Waals surface area contributed by atoms with E-state index in [9.17, 15) is 31.1 Å². The summed E-state index contributed by atoms with van der Waals surface area (Å²) < 4.78 is 79.0. The van der Waals surface area contributed by atoms with Crippen molar-refractivity contribution in [2.24, 2.45) is 0 Å². The van der Waals surface area contributed by atoms with Crippen LogP contribution >= 0.6 is 0 Å². The topological polar surface area (TPSA) is 68.7 Å². The molecule has 166 valence electrons. The molecule has 3 heterocycles. The average molecular weight is 446 g/mol. The van der Waals surface area contributed by atoms with E-state index < -0.39 is 29.4 Å². The summed E-state index contributed by atoms with van der Waals surface area (Å²) in [6.07, 6.45) is -7.97. The van der Waals surface area contributed by atoms with Gasteiger partial charge in [0.25, 0.3) is 5.91 Å². The molecule has 2 N–H and O–H groups in total. The molecule has 0 unspecified atom stereocenters. The van der Waals surface area contributed by atoms with Gasteiger partial charge >= 0.3 is 12.4 Å². The predicted molar refractivity (Wildman–Crippen MR) is 96.8 cm³/mol. The van der Waals surface area contributed by atoms with Gasteiger partial charge in [0.05, 0.1) is 22.7 Å². The molecule has 0 saturated carbocycles. The molecule has 12 heteroatoms. The molecule has 2 saturated heterocycles. The van der Waals surface area contributed by atoms with Crippen LogP contribution in [0.25, 0.3) is 0 Å². The highest BCUT2D eigenvalue weighted by Crippen LogP contribution is 2.42. The summed E-state index contributed by atoms with van der Waals surface area (Å²) in [5.41, 5.74) is -1.16. The number of pyridine rings is 1. The lowest BCUT2D eigenvalue weighted by molar-refractivity contribution is -0.143. The number of fused-ring (bicyclic) bond motifs is 2. The second-order valence-corrected chi connectivity index (χ2v) is 7.46. The van der Waals surface area contributed by atoms with Crippen molar-refractivity contribution in [3.63, 3.8) is 0 Å². The molecular formula is C19H16F6N4O2. The Bertz CT molecular complexity index is 960. The van der Waals surface area contributed by atoms with Crippen molar-refractivity contribution in [2.45, 2.75) is 30.9 Å². The van der Waals surface area contributed by atoms with E-state index in [2.05, 4.69) is 4.98 Å². The molecule has 1 amide bonds. The number of nitrogens with zero attached hydrogens (tertiary/aromatic N) is 3. The predicted octanol–water partition coefficient (Wildman–Crippen LogP) is 3.71. The van der Waals surface area contributed by atoms with Gasteiger partial charge in [-0.2, -0.15) is 26.3 Å². The fourth-order valence-electron chi connectivity index (χ4n) is 4.12. The number of piperazine rings is 1. The van der Waals surface area contributed by atoms with Crippen LogP contribution in [0.1, 0.15) is 27.9 Å². The van der Waals surface area contributed by atoms with E-state index in [1.165, 1.54) is 17.7 Å². The zero-order chi connectivity index (χ0) is 22.6. The van der Waals surface area contributed by atoms with Crippen LogP contribution in [-0.4, -0.2) is 41.3 Å². The third-order valence-electron chi connectivity index (χ3n) is 5.55. The number of hydroxylamine groups is 1. The molecule has 6 nitrogen and oxygen atoms in total. The van der Waals surface area contributed by atoms with E-state index in [0.717, 1.165) is 12.1 Å². The first-order valence-corrected chi connectivity index (χ1v) is 9.20. The number of benzene rings is 1. The van der Waals surface area contributed by atoms with Gasteiger partial charge in [-0.1, -0.05) is 0 Å². The van der Waals surface area contributed by atoms with Gasteiger partial charge in [0.2, 0.25) is 0 Å². The van der Waals surface area contributed by atoms with E-state index in [1.807, 2.05) is 4.90 Å². The monoisotopic (exact) mass is 446 g/mol. The number of anilines is 2. The van der Waals surface area contributed by atoms with Crippen LogP contribution in [-0.2, 0) is 12.4 Å². The van der Waals surface area contributed by atoms with Gasteiger partial charge in [-0.3, -0.25) is 10.0 Å². The van der Waals surface area contributed by atoms with Crippen molar-refractivity contribution in [1.82, 2.24) is 10.5 Å². The van der Waals surface area contributed by atoms with Gasteiger partial charge in [0, 0.05) is 31.0 Å². The summed E-state index contributed by atoms with van der Waals surface area (Å²) in [6.45, 7) is 0.602. The summed E-state index contributed by atoms with van der Waals surface area (Å²) in [7, 11) is 0. The summed E-state index contributed by atoms with van der Waals surface area (Å²) in [5, 5.41) is 8.65. The Morgan fingerprint density at radius 1 is 0.968 bits per heavy atom. The number of carbonyl (C=O) groups excluding carboxylic acids is 1. The minimum atomic E-state index is -4.90. The van der Waals surface area contributed by atoms with E-state index in [-0.39, 0.29) is 35.9 Å². The lowest BCUT2D eigenvalue weighted by atomic mass is 10.1. The second-order valence-electron chi connectivity index (χ2n) is 7.46. The van der Waals surface area contributed by atoms with Gasteiger partial charge in [-0.05, 0) is 36.8 Å². The van der Waals surface area contributed by atoms with Crippen molar-refractivity contribution >= 4 is 17.4 Å². The first-order valence-electron chi connectivity index (χ1n) is 9.20. The summed E-state index contributed by atoms with van der Waals surface area (Å²) in [6, 6.07) is 4.22. The number of alkyl halides is 6. The zero-order valence-electron chi connectivity index (χ0n) is 15.7. The molecule has 0 radical (unpaired) electrons. The maximum atomic E-state index is 13.2. The lowest BCUT2D eigenvalue weighted by Crippen LogP contribution is -2.47. The smallest absolute Gasteiger partial charge is 0.365 e. The quantitative estimate of drug-likeness (QED) is 0.428. The van der Waals surface area contributed by atoms with Crippen molar-refractivity contribution in [1.29, 1.82) is 0 Å². The van der Waals surface area contributed by atoms with E-state index in [0.29, 0.717) is 18.8 Å². The van der Waals surface area contributed by atoms with Crippen LogP contribution in [0.15, 0.2) is 36.5 Å². The number of halogens is 6. The van der Waals surface area contributed by atoms with Gasteiger partial charge in [-0.15, -0.1) is 0 Å². The molecule has 2 atom stereocenters. The SMILES string of the molecule is O=C(NO)c1ccc(N2C[C@@H]3C[C@H]2CN3c2cc(C(F)(F)F)cc(C(F)(F)F)c2)nc1. The Morgan fingerprint density at radius 3 is 2.00 bits per heavy atom. The Morgan fingerprint density at radius 2 is 1.55 bits per heavy atom. The van der Waals surface area contributed by atoms with Crippen LogP contribution in [0.3, 0.4) is 0 Å². The van der Waals surface area contributed by atoms with Crippen LogP contribution < -0.4 is 15.3 Å². The second kappa shape index (κ2) is 7.29. The number of carbonyl (C=O) groups is 1. The number of rotatable bonds is 3. The Kier molecular flexibility index (Phi) is 4.99. The highest BCUT2D eigenvalue weighted by atomic mass is 19.4. The minimum absolute atomic E-state index is 0.114. The Hall–Kier alpha value is -3.02. The standard InChI is InChI=1S/C19H16F6N4O2/c20-18(21,22)11-3-12(19(23,24)25)5-13(4-11)28-8-15-6-14(28)9-29(15)16-2-1-10(7-26-16)17(30)27-31/h1-5,7,14-15,31H,6,8-9H2,(H,27,30)/t14-,15-/m0/s1. The van der Waals surface area contributed by atoms with Crippen molar-refractivity contribution in [2.75, 3.05) is 22.9 Å². The minimum Gasteiger partial charge on any atom is -0.365 e. The Labute approximate surface area is 172 Å². The van der Waals surface area contributed by atoms with E-state index in [1.54, 1.807) is 11.0 Å². The van der Waals surface area contributed by atoms with Crippen molar-refractivity contribution in [3.8, 4) is 0 Å². The zero-order valence-corrected chi connectivity index (χ0v) is 15.7. The molecule has 2 aliphatic heterocycles. The number of hydrogen-bond donors (Lipinski definition) is 2. The van der Waals surface area contributed by atoms with Gasteiger partial charge in [0.1, 0.15) is 5.82 Å². The first kappa shape index (κ1) is 21.2. The number of nitrogens with one attached hydrogen (secondary N) is 1. The normalized spacial score (nSPS) is 21.0. The molecule has 2 bridgehead atoms. The summed E-state index contributed by atoms with van der Waals surface area (Å²) >= 11 is 0. The van der Waals surface area contributed by atoms with Crippen LogP contribution in [0.2, 0.25) is 0 Å². The van der Waals surface area contributed by atoms with E-state index in [4.69, 9.17) is 5.21 Å². The molecule has 2 aliphatic rings. The third-order valence-corrected chi connectivity index (χ3v) is 5.55.